The topological polar surface area (TPSA) is 42.7 Å². The molecular weight excluding hydrogens is 185 g/mol. The number of aromatic nitrogens is 3. The van der Waals surface area contributed by atoms with Crippen LogP contribution in [-0.2, 0) is 19.3 Å². The number of nitrogens with zero attached hydrogens (tertiary/aromatic N) is 3. The van der Waals surface area contributed by atoms with E-state index in [2.05, 4.69) is 15.4 Å². The Bertz CT molecular complexity index is 293. The molecule has 1 aromatic rings. The second-order valence-electron chi connectivity index (χ2n) is 2.75. The molecule has 1 aliphatic heterocycles. The van der Waals surface area contributed by atoms with Gasteiger partial charge in [-0.1, -0.05) is 0 Å². The molecule has 0 unspecified atom stereocenters. The summed E-state index contributed by atoms with van der Waals surface area (Å²) in [5.41, 5.74) is 0. The summed E-state index contributed by atoms with van der Waals surface area (Å²) >= 11 is 0. The molecule has 0 fully saturated rings. The lowest BCUT2D eigenvalue weighted by Gasteiger charge is -2.11. The van der Waals surface area contributed by atoms with Gasteiger partial charge in [0.15, 0.2) is 0 Å². The number of alkyl halides is 3. The lowest BCUT2D eigenvalue weighted by molar-refractivity contribution is -0.145. The first-order valence-electron chi connectivity index (χ1n) is 3.79. The van der Waals surface area contributed by atoms with Crippen LogP contribution < -0.4 is 5.32 Å². The Balaban J connectivity index is 2.36. The minimum Gasteiger partial charge on any atom is -0.308 e. The molecule has 4 nitrogen and oxygen atoms in total. The van der Waals surface area contributed by atoms with Crippen molar-refractivity contribution in [2.45, 2.75) is 19.3 Å². The summed E-state index contributed by atoms with van der Waals surface area (Å²) in [6, 6.07) is 0. The van der Waals surface area contributed by atoms with Gasteiger partial charge < -0.3 is 5.32 Å². The first-order valence-corrected chi connectivity index (χ1v) is 3.79. The van der Waals surface area contributed by atoms with E-state index in [9.17, 15) is 13.2 Å². The summed E-state index contributed by atoms with van der Waals surface area (Å²) in [6.45, 7) is 1.43. The van der Waals surface area contributed by atoms with Crippen molar-refractivity contribution in [2.24, 2.45) is 0 Å². The third-order valence-electron chi connectivity index (χ3n) is 1.79. The molecule has 0 spiro atoms. The largest absolute Gasteiger partial charge is 0.453 e. The van der Waals surface area contributed by atoms with E-state index in [0.717, 1.165) is 0 Å². The summed E-state index contributed by atoms with van der Waals surface area (Å²) in [6.07, 6.45) is -4.44. The zero-order valence-electron chi connectivity index (χ0n) is 6.60. The van der Waals surface area contributed by atoms with Crippen LogP contribution in [0.1, 0.15) is 11.6 Å². The molecule has 0 aliphatic carbocycles. The van der Waals surface area contributed by atoms with Gasteiger partial charge in [0.1, 0.15) is 5.82 Å². The highest BCUT2D eigenvalue weighted by Crippen LogP contribution is 2.26. The predicted octanol–water partition coefficient (Wildman–Crippen LogP) is 0.400. The molecule has 0 atom stereocenters. The lowest BCUT2D eigenvalue weighted by atomic mass is 10.4. The third kappa shape index (κ3) is 1.51. The molecule has 7 heteroatoms. The molecule has 1 N–H and O–H groups in total. The number of nitrogens with one attached hydrogen (secondary N) is 1. The van der Waals surface area contributed by atoms with Crippen LogP contribution in [0.25, 0.3) is 0 Å². The zero-order chi connectivity index (χ0) is 9.47. The van der Waals surface area contributed by atoms with E-state index in [1.54, 1.807) is 0 Å². The Morgan fingerprint density at radius 2 is 2.15 bits per heavy atom. The maximum atomic E-state index is 12.1. The van der Waals surface area contributed by atoms with Crippen LogP contribution >= 0.6 is 0 Å². The number of rotatable bonds is 0. The number of halogens is 3. The van der Waals surface area contributed by atoms with Gasteiger partial charge in [-0.25, -0.2) is 9.67 Å². The van der Waals surface area contributed by atoms with Crippen LogP contribution in [0.4, 0.5) is 13.2 Å². The van der Waals surface area contributed by atoms with Gasteiger partial charge in [-0.2, -0.15) is 13.2 Å². The van der Waals surface area contributed by atoms with Crippen LogP contribution in [0.3, 0.4) is 0 Å². The molecule has 0 saturated heterocycles. The number of hydrogen-bond donors (Lipinski definition) is 1. The van der Waals surface area contributed by atoms with Gasteiger partial charge in [-0.05, 0) is 0 Å². The van der Waals surface area contributed by atoms with Crippen molar-refractivity contribution in [1.29, 1.82) is 0 Å². The standard InChI is InChI=1S/C6H7F3N4/c7-6(8,9)5-11-4-3-10-1-2-13(4)12-5/h10H,1-3H2. The predicted molar refractivity (Wildman–Crippen MR) is 36.7 cm³/mol. The van der Waals surface area contributed by atoms with E-state index in [-0.39, 0.29) is 0 Å². The Morgan fingerprint density at radius 3 is 2.77 bits per heavy atom. The van der Waals surface area contributed by atoms with Crippen LogP contribution in [0.15, 0.2) is 0 Å². The van der Waals surface area contributed by atoms with Crippen molar-refractivity contribution >= 4 is 0 Å². The van der Waals surface area contributed by atoms with Gasteiger partial charge in [0.2, 0.25) is 0 Å². The van der Waals surface area contributed by atoms with Gasteiger partial charge >= 0.3 is 6.18 Å². The van der Waals surface area contributed by atoms with Crippen LogP contribution in [0.5, 0.6) is 0 Å². The maximum Gasteiger partial charge on any atom is 0.453 e. The van der Waals surface area contributed by atoms with Crippen LogP contribution in [0, 0.1) is 0 Å². The Morgan fingerprint density at radius 1 is 1.38 bits per heavy atom. The second-order valence-corrected chi connectivity index (χ2v) is 2.75. The highest BCUT2D eigenvalue weighted by Gasteiger charge is 2.37. The van der Waals surface area contributed by atoms with Crippen molar-refractivity contribution in [3.8, 4) is 0 Å². The van der Waals surface area contributed by atoms with Crippen molar-refractivity contribution < 1.29 is 13.2 Å². The summed E-state index contributed by atoms with van der Waals surface area (Å²) in [5.74, 6) is -0.704. The van der Waals surface area contributed by atoms with Gasteiger partial charge in [0, 0.05) is 6.54 Å². The van der Waals surface area contributed by atoms with E-state index in [0.29, 0.717) is 25.5 Å². The fourth-order valence-electron chi connectivity index (χ4n) is 1.19. The molecule has 0 saturated carbocycles. The molecule has 2 rings (SSSR count). The highest BCUT2D eigenvalue weighted by atomic mass is 19.4. The van der Waals surface area contributed by atoms with Gasteiger partial charge in [-0.3, -0.25) is 0 Å². The molecule has 1 aromatic heterocycles. The minimum atomic E-state index is -4.44. The van der Waals surface area contributed by atoms with E-state index >= 15 is 0 Å². The fourth-order valence-corrected chi connectivity index (χ4v) is 1.19. The van der Waals surface area contributed by atoms with Crippen molar-refractivity contribution in [3.05, 3.63) is 11.6 Å². The summed E-state index contributed by atoms with van der Waals surface area (Å²) in [7, 11) is 0. The van der Waals surface area contributed by atoms with Crippen molar-refractivity contribution in [1.82, 2.24) is 20.1 Å². The molecule has 72 valence electrons. The van der Waals surface area contributed by atoms with E-state index in [1.165, 1.54) is 4.68 Å². The van der Waals surface area contributed by atoms with Gasteiger partial charge in [-0.15, -0.1) is 5.10 Å². The monoisotopic (exact) mass is 192 g/mol. The smallest absolute Gasteiger partial charge is 0.308 e. The Labute approximate surface area is 71.8 Å². The first-order chi connectivity index (χ1) is 6.07. The quantitative estimate of drug-likeness (QED) is 0.647. The van der Waals surface area contributed by atoms with E-state index in [4.69, 9.17) is 0 Å². The average molecular weight is 192 g/mol. The second kappa shape index (κ2) is 2.69. The number of hydrogen-bond acceptors (Lipinski definition) is 3. The van der Waals surface area contributed by atoms with Gasteiger partial charge in [0.05, 0.1) is 13.1 Å². The highest BCUT2D eigenvalue weighted by molar-refractivity contribution is 4.98. The molecule has 0 bridgehead atoms. The molecule has 1 aliphatic rings. The van der Waals surface area contributed by atoms with Crippen molar-refractivity contribution in [2.75, 3.05) is 6.54 Å². The Kier molecular flexibility index (Phi) is 1.76. The van der Waals surface area contributed by atoms with E-state index in [1.807, 2.05) is 0 Å². The molecular formula is C6H7F3N4. The molecule has 0 aromatic carbocycles. The van der Waals surface area contributed by atoms with E-state index < -0.39 is 12.0 Å². The van der Waals surface area contributed by atoms with Crippen molar-refractivity contribution in [3.63, 3.8) is 0 Å². The summed E-state index contributed by atoms with van der Waals surface area (Å²) in [5, 5.41) is 6.28. The summed E-state index contributed by atoms with van der Waals surface area (Å²) < 4.78 is 37.6. The normalized spacial score (nSPS) is 17.2. The SMILES string of the molecule is FC(F)(F)c1nc2n(n1)CCNC2. The maximum absolute atomic E-state index is 12.1. The minimum absolute atomic E-state index is 0.346. The molecule has 0 amide bonds. The molecule has 13 heavy (non-hydrogen) atoms. The van der Waals surface area contributed by atoms with Gasteiger partial charge in [0.25, 0.3) is 5.82 Å². The van der Waals surface area contributed by atoms with Crippen LogP contribution in [0.2, 0.25) is 0 Å². The number of fused-ring (bicyclic) bond motifs is 1. The first kappa shape index (κ1) is 8.49. The average Bonchev–Trinajstić information content (AvgIpc) is 2.45. The molecule has 0 radical (unpaired) electrons. The lowest BCUT2D eigenvalue weighted by Crippen LogP contribution is -2.28. The zero-order valence-corrected chi connectivity index (χ0v) is 6.60. The summed E-state index contributed by atoms with van der Waals surface area (Å²) in [4.78, 5) is 3.39. The fraction of sp³-hybridized carbons (Fsp3) is 0.667. The van der Waals surface area contributed by atoms with Crippen LogP contribution in [-0.4, -0.2) is 21.3 Å². The third-order valence-corrected chi connectivity index (χ3v) is 1.79. The Hall–Kier alpha value is -1.11. The molecule has 2 heterocycles.